The SMILES string of the molecule is CC(=O)N(CCNC(=O)c1cccs1)c1cccc(C)c1C. The molecular formula is C17H20N2O2S. The Morgan fingerprint density at radius 2 is 1.95 bits per heavy atom. The van der Waals surface area contributed by atoms with Crippen LogP contribution in [0.4, 0.5) is 5.69 Å². The number of rotatable bonds is 5. The fraction of sp³-hybridized carbons (Fsp3) is 0.294. The number of nitrogens with one attached hydrogen (secondary N) is 1. The van der Waals surface area contributed by atoms with Gasteiger partial charge < -0.3 is 10.2 Å². The van der Waals surface area contributed by atoms with Crippen LogP contribution in [0.5, 0.6) is 0 Å². The Kier molecular flexibility index (Phi) is 5.33. The summed E-state index contributed by atoms with van der Waals surface area (Å²) in [6, 6.07) is 9.53. The van der Waals surface area contributed by atoms with E-state index in [-0.39, 0.29) is 11.8 Å². The number of thiophene rings is 1. The maximum atomic E-state index is 11.9. The van der Waals surface area contributed by atoms with E-state index in [0.717, 1.165) is 16.8 Å². The van der Waals surface area contributed by atoms with Crippen LogP contribution in [0.3, 0.4) is 0 Å². The molecule has 0 radical (unpaired) electrons. The molecule has 5 heteroatoms. The van der Waals surface area contributed by atoms with Crippen molar-refractivity contribution in [2.45, 2.75) is 20.8 Å². The van der Waals surface area contributed by atoms with E-state index < -0.39 is 0 Å². The Balaban J connectivity index is 2.02. The van der Waals surface area contributed by atoms with Gasteiger partial charge in [-0.25, -0.2) is 0 Å². The Morgan fingerprint density at radius 3 is 2.59 bits per heavy atom. The van der Waals surface area contributed by atoms with Gasteiger partial charge in [0.25, 0.3) is 5.91 Å². The molecule has 0 bridgehead atoms. The first kappa shape index (κ1) is 16.2. The summed E-state index contributed by atoms with van der Waals surface area (Å²) in [5.74, 6) is -0.126. The second-order valence-corrected chi connectivity index (χ2v) is 6.07. The first-order valence-corrected chi connectivity index (χ1v) is 8.04. The van der Waals surface area contributed by atoms with Crippen molar-refractivity contribution in [1.82, 2.24) is 5.32 Å². The molecule has 0 aliphatic carbocycles. The van der Waals surface area contributed by atoms with Crippen molar-refractivity contribution in [3.8, 4) is 0 Å². The first-order chi connectivity index (χ1) is 10.5. The Hall–Kier alpha value is -2.14. The summed E-state index contributed by atoms with van der Waals surface area (Å²) in [5.41, 5.74) is 3.13. The summed E-state index contributed by atoms with van der Waals surface area (Å²) in [7, 11) is 0. The van der Waals surface area contributed by atoms with Crippen LogP contribution in [0, 0.1) is 13.8 Å². The number of carbonyl (C=O) groups is 2. The Bertz CT molecular complexity index is 665. The van der Waals surface area contributed by atoms with Crippen molar-refractivity contribution in [2.24, 2.45) is 0 Å². The lowest BCUT2D eigenvalue weighted by Crippen LogP contribution is -2.37. The van der Waals surface area contributed by atoms with E-state index in [0.29, 0.717) is 18.0 Å². The number of aryl methyl sites for hydroxylation is 1. The third-order valence-electron chi connectivity index (χ3n) is 3.61. The molecule has 0 unspecified atom stereocenters. The van der Waals surface area contributed by atoms with E-state index in [1.807, 2.05) is 43.5 Å². The molecule has 2 amide bonds. The standard InChI is InChI=1S/C17H20N2O2S/c1-12-6-4-7-15(13(12)2)19(14(3)20)10-9-18-17(21)16-8-5-11-22-16/h4-8,11H,9-10H2,1-3H3,(H,18,21). The van der Waals surface area contributed by atoms with E-state index >= 15 is 0 Å². The average Bonchev–Trinajstić information content (AvgIpc) is 3.01. The molecule has 0 spiro atoms. The normalized spacial score (nSPS) is 10.3. The van der Waals surface area contributed by atoms with Crippen molar-refractivity contribution < 1.29 is 9.59 Å². The molecular weight excluding hydrogens is 296 g/mol. The number of amides is 2. The highest BCUT2D eigenvalue weighted by Gasteiger charge is 2.15. The number of hydrogen-bond donors (Lipinski definition) is 1. The zero-order valence-corrected chi connectivity index (χ0v) is 13.9. The average molecular weight is 316 g/mol. The molecule has 1 aromatic carbocycles. The second-order valence-electron chi connectivity index (χ2n) is 5.12. The van der Waals surface area contributed by atoms with Crippen LogP contribution in [0.2, 0.25) is 0 Å². The zero-order valence-electron chi connectivity index (χ0n) is 13.1. The zero-order chi connectivity index (χ0) is 16.1. The third kappa shape index (κ3) is 3.74. The molecule has 0 fully saturated rings. The van der Waals surface area contributed by atoms with Crippen LogP contribution in [0.25, 0.3) is 0 Å². The third-order valence-corrected chi connectivity index (χ3v) is 4.48. The minimum Gasteiger partial charge on any atom is -0.350 e. The lowest BCUT2D eigenvalue weighted by atomic mass is 10.1. The van der Waals surface area contributed by atoms with Gasteiger partial charge in [0, 0.05) is 25.7 Å². The molecule has 1 heterocycles. The van der Waals surface area contributed by atoms with Crippen molar-refractivity contribution in [3.63, 3.8) is 0 Å². The molecule has 0 aliphatic heterocycles. The van der Waals surface area contributed by atoms with Crippen LogP contribution in [0.1, 0.15) is 27.7 Å². The monoisotopic (exact) mass is 316 g/mol. The highest BCUT2D eigenvalue weighted by atomic mass is 32.1. The van der Waals surface area contributed by atoms with Gasteiger partial charge >= 0.3 is 0 Å². The lowest BCUT2D eigenvalue weighted by molar-refractivity contribution is -0.116. The first-order valence-electron chi connectivity index (χ1n) is 7.16. The van der Waals surface area contributed by atoms with Gasteiger partial charge in [0.1, 0.15) is 0 Å². The van der Waals surface area contributed by atoms with Gasteiger partial charge in [-0.15, -0.1) is 11.3 Å². The minimum atomic E-state index is -0.0977. The molecule has 22 heavy (non-hydrogen) atoms. The highest BCUT2D eigenvalue weighted by Crippen LogP contribution is 2.22. The van der Waals surface area contributed by atoms with E-state index in [4.69, 9.17) is 0 Å². The van der Waals surface area contributed by atoms with Crippen molar-refractivity contribution in [1.29, 1.82) is 0 Å². The number of hydrogen-bond acceptors (Lipinski definition) is 3. The summed E-state index contributed by atoms with van der Waals surface area (Å²) in [6.07, 6.45) is 0. The predicted octanol–water partition coefficient (Wildman–Crippen LogP) is 3.15. The fourth-order valence-electron chi connectivity index (χ4n) is 2.25. The summed E-state index contributed by atoms with van der Waals surface area (Å²) in [6.45, 7) is 6.45. The second kappa shape index (κ2) is 7.22. The Morgan fingerprint density at radius 1 is 1.18 bits per heavy atom. The summed E-state index contributed by atoms with van der Waals surface area (Å²) in [4.78, 5) is 26.2. The van der Waals surface area contributed by atoms with E-state index in [1.165, 1.54) is 11.3 Å². The van der Waals surface area contributed by atoms with Gasteiger partial charge in [-0.2, -0.15) is 0 Å². The van der Waals surface area contributed by atoms with Gasteiger partial charge in [-0.1, -0.05) is 18.2 Å². The highest BCUT2D eigenvalue weighted by molar-refractivity contribution is 7.12. The van der Waals surface area contributed by atoms with E-state index in [9.17, 15) is 9.59 Å². The maximum Gasteiger partial charge on any atom is 0.261 e. The van der Waals surface area contributed by atoms with Crippen LogP contribution in [-0.2, 0) is 4.79 Å². The molecule has 2 aromatic rings. The van der Waals surface area contributed by atoms with Gasteiger partial charge in [-0.3, -0.25) is 9.59 Å². The molecule has 0 saturated heterocycles. The Labute approximate surface area is 134 Å². The van der Waals surface area contributed by atoms with Gasteiger partial charge in [-0.05, 0) is 42.5 Å². The summed E-state index contributed by atoms with van der Waals surface area (Å²) < 4.78 is 0. The summed E-state index contributed by atoms with van der Waals surface area (Å²) in [5, 5.41) is 4.72. The van der Waals surface area contributed by atoms with E-state index in [1.54, 1.807) is 17.9 Å². The minimum absolute atomic E-state index is 0.0286. The topological polar surface area (TPSA) is 49.4 Å². The fourth-order valence-corrected chi connectivity index (χ4v) is 2.89. The molecule has 0 aliphatic rings. The molecule has 0 atom stereocenters. The number of benzene rings is 1. The van der Waals surface area contributed by atoms with Crippen LogP contribution in [0.15, 0.2) is 35.7 Å². The smallest absolute Gasteiger partial charge is 0.261 e. The number of nitrogens with zero attached hydrogens (tertiary/aromatic N) is 1. The van der Waals surface area contributed by atoms with Gasteiger partial charge in [0.15, 0.2) is 0 Å². The van der Waals surface area contributed by atoms with Crippen LogP contribution >= 0.6 is 11.3 Å². The van der Waals surface area contributed by atoms with E-state index in [2.05, 4.69) is 5.32 Å². The maximum absolute atomic E-state index is 11.9. The molecule has 1 N–H and O–H groups in total. The molecule has 1 aromatic heterocycles. The molecule has 4 nitrogen and oxygen atoms in total. The molecule has 0 saturated carbocycles. The van der Waals surface area contributed by atoms with Crippen molar-refractivity contribution >= 4 is 28.8 Å². The van der Waals surface area contributed by atoms with Crippen LogP contribution in [-0.4, -0.2) is 24.9 Å². The predicted molar refractivity (Wildman–Crippen MR) is 90.6 cm³/mol. The van der Waals surface area contributed by atoms with Gasteiger partial charge in [0.2, 0.25) is 5.91 Å². The number of anilines is 1. The van der Waals surface area contributed by atoms with Gasteiger partial charge in [0.05, 0.1) is 4.88 Å². The quantitative estimate of drug-likeness (QED) is 0.921. The summed E-state index contributed by atoms with van der Waals surface area (Å²) >= 11 is 1.40. The lowest BCUT2D eigenvalue weighted by Gasteiger charge is -2.24. The molecule has 2 rings (SSSR count). The molecule has 116 valence electrons. The van der Waals surface area contributed by atoms with Crippen molar-refractivity contribution in [2.75, 3.05) is 18.0 Å². The largest absolute Gasteiger partial charge is 0.350 e. The van der Waals surface area contributed by atoms with Crippen molar-refractivity contribution in [3.05, 3.63) is 51.7 Å². The number of carbonyl (C=O) groups excluding carboxylic acids is 2. The van der Waals surface area contributed by atoms with Crippen LogP contribution < -0.4 is 10.2 Å².